The van der Waals surface area contributed by atoms with Crippen molar-refractivity contribution in [2.45, 2.75) is 69.5 Å². The Morgan fingerprint density at radius 2 is 1.82 bits per heavy atom. The molecule has 2 aliphatic carbocycles. The van der Waals surface area contributed by atoms with E-state index in [9.17, 15) is 9.59 Å². The van der Waals surface area contributed by atoms with Crippen LogP contribution in [-0.2, 0) is 4.79 Å². The molecule has 182 valence electrons. The Labute approximate surface area is 200 Å². The Balaban J connectivity index is 1.59. The number of nitrogens with zero attached hydrogens (tertiary/aromatic N) is 2. The number of hydrogen-bond donors (Lipinski definition) is 2. The molecular formula is C26H34N4O4. The second-order valence-electron chi connectivity index (χ2n) is 9.05. The van der Waals surface area contributed by atoms with Gasteiger partial charge >= 0.3 is 0 Å². The number of nitrogens with one attached hydrogen (secondary N) is 2. The number of rotatable bonds is 10. The summed E-state index contributed by atoms with van der Waals surface area (Å²) in [6.45, 7) is 3.80. The van der Waals surface area contributed by atoms with Crippen molar-refractivity contribution in [3.8, 4) is 22.8 Å². The Hall–Kier alpha value is -3.29. The lowest BCUT2D eigenvalue weighted by Gasteiger charge is -2.27. The van der Waals surface area contributed by atoms with E-state index in [-0.39, 0.29) is 30.3 Å². The molecular weight excluding hydrogens is 432 g/mol. The molecule has 8 heteroatoms. The maximum atomic E-state index is 13.2. The van der Waals surface area contributed by atoms with E-state index in [1.165, 1.54) is 0 Å². The average molecular weight is 467 g/mol. The number of carbonyl (C=O) groups is 2. The van der Waals surface area contributed by atoms with Gasteiger partial charge in [-0.2, -0.15) is 5.10 Å². The van der Waals surface area contributed by atoms with Gasteiger partial charge in [0, 0.05) is 6.04 Å². The molecule has 2 saturated carbocycles. The molecule has 0 aliphatic heterocycles. The monoisotopic (exact) mass is 466 g/mol. The predicted octanol–water partition coefficient (Wildman–Crippen LogP) is 4.03. The van der Waals surface area contributed by atoms with Crippen LogP contribution < -0.4 is 20.1 Å². The van der Waals surface area contributed by atoms with Crippen LogP contribution in [0.5, 0.6) is 11.5 Å². The van der Waals surface area contributed by atoms with Crippen LogP contribution in [0.1, 0.15) is 67.9 Å². The van der Waals surface area contributed by atoms with Crippen LogP contribution >= 0.6 is 0 Å². The van der Waals surface area contributed by atoms with Crippen molar-refractivity contribution in [3.63, 3.8) is 0 Å². The lowest BCUT2D eigenvalue weighted by Crippen LogP contribution is -2.43. The van der Waals surface area contributed by atoms with Crippen molar-refractivity contribution in [2.75, 3.05) is 14.2 Å². The average Bonchev–Trinajstić information content (AvgIpc) is 3.50. The Morgan fingerprint density at radius 1 is 1.15 bits per heavy atom. The number of amides is 2. The summed E-state index contributed by atoms with van der Waals surface area (Å²) in [6.07, 6.45) is 9.20. The van der Waals surface area contributed by atoms with Gasteiger partial charge in [-0.1, -0.05) is 25.0 Å². The fraction of sp³-hybridized carbons (Fsp3) is 0.500. The zero-order valence-electron chi connectivity index (χ0n) is 20.0. The maximum absolute atomic E-state index is 13.2. The van der Waals surface area contributed by atoms with Crippen molar-refractivity contribution in [1.29, 1.82) is 0 Å². The predicted molar refractivity (Wildman–Crippen MR) is 130 cm³/mol. The van der Waals surface area contributed by atoms with Crippen molar-refractivity contribution in [2.24, 2.45) is 0 Å². The summed E-state index contributed by atoms with van der Waals surface area (Å²) < 4.78 is 13.2. The highest BCUT2D eigenvalue weighted by Gasteiger charge is 2.28. The van der Waals surface area contributed by atoms with Gasteiger partial charge in [0.25, 0.3) is 5.91 Å². The zero-order valence-corrected chi connectivity index (χ0v) is 20.0. The molecule has 2 N–H and O–H groups in total. The standard InChI is InChI=1S/C26H34N4O4/c1-4-17(15-24(31)27-18-9-7-10-18)28-26(32)20-16-21(30(29-20)19-11-5-6-12-19)25-22(33-2)13-8-14-23(25)34-3/h4,8,13-14,16-19H,1,5-7,9-12,15H2,2-3H3,(H,27,31)(H,28,32)/t17-/m0/s1. The third kappa shape index (κ3) is 5.11. The first-order chi connectivity index (χ1) is 16.5. The number of benzene rings is 1. The summed E-state index contributed by atoms with van der Waals surface area (Å²) in [6, 6.07) is 7.38. The molecule has 8 nitrogen and oxygen atoms in total. The molecule has 2 aliphatic rings. The van der Waals surface area contributed by atoms with E-state index in [0.717, 1.165) is 56.2 Å². The van der Waals surface area contributed by atoms with Crippen molar-refractivity contribution in [1.82, 2.24) is 20.4 Å². The van der Waals surface area contributed by atoms with Crippen LogP contribution in [0.3, 0.4) is 0 Å². The highest BCUT2D eigenvalue weighted by Crippen LogP contribution is 2.41. The van der Waals surface area contributed by atoms with Crippen LogP contribution in [0.4, 0.5) is 0 Å². The molecule has 0 radical (unpaired) electrons. The summed E-state index contributed by atoms with van der Waals surface area (Å²) >= 11 is 0. The van der Waals surface area contributed by atoms with E-state index in [1.807, 2.05) is 22.9 Å². The van der Waals surface area contributed by atoms with E-state index < -0.39 is 6.04 Å². The highest BCUT2D eigenvalue weighted by molar-refractivity contribution is 5.94. The van der Waals surface area contributed by atoms with Gasteiger partial charge in [0.2, 0.25) is 5.91 Å². The fourth-order valence-corrected chi connectivity index (χ4v) is 4.70. The first kappa shape index (κ1) is 23.9. The molecule has 2 amide bonds. The van der Waals surface area contributed by atoms with E-state index >= 15 is 0 Å². The van der Waals surface area contributed by atoms with Gasteiger partial charge < -0.3 is 20.1 Å². The second-order valence-corrected chi connectivity index (χ2v) is 9.05. The number of methoxy groups -OCH3 is 2. The third-order valence-corrected chi connectivity index (χ3v) is 6.80. The van der Waals surface area contributed by atoms with Crippen molar-refractivity contribution in [3.05, 3.63) is 42.6 Å². The molecule has 1 heterocycles. The van der Waals surface area contributed by atoms with Gasteiger partial charge in [0.05, 0.1) is 44.0 Å². The van der Waals surface area contributed by atoms with E-state index in [2.05, 4.69) is 17.2 Å². The molecule has 2 aromatic rings. The Bertz CT molecular complexity index is 1020. The van der Waals surface area contributed by atoms with Crippen LogP contribution in [0.15, 0.2) is 36.9 Å². The Morgan fingerprint density at radius 3 is 2.38 bits per heavy atom. The number of carbonyl (C=O) groups excluding carboxylic acids is 2. The fourth-order valence-electron chi connectivity index (χ4n) is 4.70. The molecule has 0 unspecified atom stereocenters. The quantitative estimate of drug-likeness (QED) is 0.516. The van der Waals surface area contributed by atoms with E-state index in [0.29, 0.717) is 17.2 Å². The number of aromatic nitrogens is 2. The lowest BCUT2D eigenvalue weighted by molar-refractivity contribution is -0.122. The van der Waals surface area contributed by atoms with Crippen LogP contribution in [0.25, 0.3) is 11.3 Å². The molecule has 0 spiro atoms. The van der Waals surface area contributed by atoms with Gasteiger partial charge in [0.1, 0.15) is 11.5 Å². The first-order valence-corrected chi connectivity index (χ1v) is 12.1. The summed E-state index contributed by atoms with van der Waals surface area (Å²) in [4.78, 5) is 25.5. The summed E-state index contributed by atoms with van der Waals surface area (Å²) in [5.41, 5.74) is 1.84. The molecule has 1 aromatic carbocycles. The SMILES string of the molecule is C=C[C@@H](CC(=O)NC1CCC1)NC(=O)c1cc(-c2c(OC)cccc2OC)n(C2CCCC2)n1. The van der Waals surface area contributed by atoms with Crippen LogP contribution in [-0.4, -0.2) is 47.9 Å². The molecule has 1 atom stereocenters. The summed E-state index contributed by atoms with van der Waals surface area (Å²) in [5, 5.41) is 10.6. The normalized spacial score (nSPS) is 17.0. The third-order valence-electron chi connectivity index (χ3n) is 6.80. The Kier molecular flexibility index (Phi) is 7.55. The molecule has 1 aromatic heterocycles. The van der Waals surface area contributed by atoms with Gasteiger partial charge in [-0.25, -0.2) is 0 Å². The van der Waals surface area contributed by atoms with Gasteiger partial charge in [-0.05, 0) is 50.3 Å². The second kappa shape index (κ2) is 10.8. The van der Waals surface area contributed by atoms with E-state index in [1.54, 1.807) is 26.4 Å². The molecule has 34 heavy (non-hydrogen) atoms. The largest absolute Gasteiger partial charge is 0.496 e. The molecule has 0 bridgehead atoms. The van der Waals surface area contributed by atoms with E-state index in [4.69, 9.17) is 14.6 Å². The summed E-state index contributed by atoms with van der Waals surface area (Å²) in [7, 11) is 3.23. The molecule has 2 fully saturated rings. The highest BCUT2D eigenvalue weighted by atomic mass is 16.5. The minimum Gasteiger partial charge on any atom is -0.496 e. The lowest BCUT2D eigenvalue weighted by atomic mass is 9.93. The topological polar surface area (TPSA) is 94.5 Å². The van der Waals surface area contributed by atoms with Gasteiger partial charge in [-0.3, -0.25) is 14.3 Å². The smallest absolute Gasteiger partial charge is 0.272 e. The summed E-state index contributed by atoms with van der Waals surface area (Å²) in [5.74, 6) is 0.892. The zero-order chi connectivity index (χ0) is 24.1. The van der Waals surface area contributed by atoms with Gasteiger partial charge in [-0.15, -0.1) is 6.58 Å². The van der Waals surface area contributed by atoms with Crippen LogP contribution in [0, 0.1) is 0 Å². The van der Waals surface area contributed by atoms with Crippen molar-refractivity contribution >= 4 is 11.8 Å². The van der Waals surface area contributed by atoms with Crippen LogP contribution in [0.2, 0.25) is 0 Å². The molecule has 0 saturated heterocycles. The first-order valence-electron chi connectivity index (χ1n) is 12.1. The van der Waals surface area contributed by atoms with Gasteiger partial charge in [0.15, 0.2) is 5.69 Å². The molecule has 4 rings (SSSR count). The van der Waals surface area contributed by atoms with Crippen molar-refractivity contribution < 1.29 is 19.1 Å². The minimum atomic E-state index is -0.478. The maximum Gasteiger partial charge on any atom is 0.272 e. The number of ether oxygens (including phenoxy) is 2. The number of hydrogen-bond acceptors (Lipinski definition) is 5. The minimum absolute atomic E-state index is 0.0779.